The summed E-state index contributed by atoms with van der Waals surface area (Å²) in [5.41, 5.74) is 13.4. The molecule has 0 aromatic heterocycles. The van der Waals surface area contributed by atoms with Crippen molar-refractivity contribution >= 4 is 11.6 Å². The molecule has 0 fully saturated rings. The lowest BCUT2D eigenvalue weighted by atomic mass is 10.1. The average molecular weight is 221 g/mol. The van der Waals surface area contributed by atoms with E-state index < -0.39 is 5.91 Å². The van der Waals surface area contributed by atoms with Gasteiger partial charge in [-0.15, -0.1) is 0 Å². The molecule has 1 amide bonds. The Labute approximate surface area is 96.0 Å². The summed E-state index contributed by atoms with van der Waals surface area (Å²) in [6.07, 6.45) is 0.936. The van der Waals surface area contributed by atoms with Gasteiger partial charge in [-0.2, -0.15) is 0 Å². The van der Waals surface area contributed by atoms with Crippen molar-refractivity contribution in [3.63, 3.8) is 0 Å². The van der Waals surface area contributed by atoms with Crippen LogP contribution in [0.4, 0.5) is 5.69 Å². The van der Waals surface area contributed by atoms with Gasteiger partial charge in [-0.1, -0.05) is 6.92 Å². The fourth-order valence-corrected chi connectivity index (χ4v) is 1.44. The summed E-state index contributed by atoms with van der Waals surface area (Å²) in [6.45, 7) is 4.64. The number of anilines is 1. The fraction of sp³-hybridized carbons (Fsp3) is 0.417. The highest BCUT2D eigenvalue weighted by molar-refractivity contribution is 5.94. The highest BCUT2D eigenvalue weighted by Gasteiger charge is 2.05. The maximum absolute atomic E-state index is 11.0. The Bertz CT molecular complexity index is 377. The van der Waals surface area contributed by atoms with E-state index >= 15 is 0 Å². The molecule has 88 valence electrons. The Hall–Kier alpha value is -1.55. The first-order chi connectivity index (χ1) is 7.54. The smallest absolute Gasteiger partial charge is 0.248 e. The predicted molar refractivity (Wildman–Crippen MR) is 66.5 cm³/mol. The standard InChI is InChI=1S/C12H19N3O/c1-3-9(13)7-15-10-4-5-11(12(14)16)8(2)6-10/h4-6,9,15H,3,7,13H2,1-2H3,(H2,14,16). The van der Waals surface area contributed by atoms with Crippen LogP contribution in [0, 0.1) is 6.92 Å². The SMILES string of the molecule is CCC(N)CNc1ccc(C(N)=O)c(C)c1. The van der Waals surface area contributed by atoms with E-state index in [1.54, 1.807) is 6.07 Å². The van der Waals surface area contributed by atoms with Crippen molar-refractivity contribution in [1.29, 1.82) is 0 Å². The van der Waals surface area contributed by atoms with E-state index in [0.29, 0.717) is 5.56 Å². The van der Waals surface area contributed by atoms with Crippen LogP contribution in [0.1, 0.15) is 29.3 Å². The van der Waals surface area contributed by atoms with Gasteiger partial charge in [-0.05, 0) is 37.1 Å². The van der Waals surface area contributed by atoms with Crippen LogP contribution in [0.15, 0.2) is 18.2 Å². The molecular formula is C12H19N3O. The van der Waals surface area contributed by atoms with Crippen LogP contribution in [0.5, 0.6) is 0 Å². The van der Waals surface area contributed by atoms with Crippen LogP contribution in [0.25, 0.3) is 0 Å². The molecule has 1 atom stereocenters. The lowest BCUT2D eigenvalue weighted by Crippen LogP contribution is -2.28. The Morgan fingerprint density at radius 1 is 1.50 bits per heavy atom. The zero-order chi connectivity index (χ0) is 12.1. The molecule has 0 saturated carbocycles. The first-order valence-corrected chi connectivity index (χ1v) is 5.44. The van der Waals surface area contributed by atoms with E-state index in [9.17, 15) is 4.79 Å². The molecule has 4 nitrogen and oxygen atoms in total. The fourth-order valence-electron chi connectivity index (χ4n) is 1.44. The molecule has 1 rings (SSSR count). The van der Waals surface area contributed by atoms with Crippen molar-refractivity contribution in [2.24, 2.45) is 11.5 Å². The molecule has 0 spiro atoms. The van der Waals surface area contributed by atoms with Gasteiger partial charge in [-0.3, -0.25) is 4.79 Å². The topological polar surface area (TPSA) is 81.1 Å². The summed E-state index contributed by atoms with van der Waals surface area (Å²) < 4.78 is 0. The van der Waals surface area contributed by atoms with Crippen molar-refractivity contribution < 1.29 is 4.79 Å². The van der Waals surface area contributed by atoms with Crippen LogP contribution < -0.4 is 16.8 Å². The van der Waals surface area contributed by atoms with E-state index in [0.717, 1.165) is 24.2 Å². The number of aryl methyl sites for hydroxylation is 1. The number of amides is 1. The highest BCUT2D eigenvalue weighted by Crippen LogP contribution is 2.14. The molecule has 5 N–H and O–H groups in total. The number of primary amides is 1. The second kappa shape index (κ2) is 5.51. The summed E-state index contributed by atoms with van der Waals surface area (Å²) in [4.78, 5) is 11.0. The van der Waals surface area contributed by atoms with Crippen molar-refractivity contribution in [2.45, 2.75) is 26.3 Å². The van der Waals surface area contributed by atoms with Crippen molar-refractivity contribution in [3.8, 4) is 0 Å². The Balaban J connectivity index is 2.70. The Kier molecular flexibility index (Phi) is 4.31. The number of benzene rings is 1. The van der Waals surface area contributed by atoms with Crippen LogP contribution in [-0.4, -0.2) is 18.5 Å². The molecule has 4 heteroatoms. The van der Waals surface area contributed by atoms with E-state index in [2.05, 4.69) is 5.32 Å². The maximum atomic E-state index is 11.0. The van der Waals surface area contributed by atoms with Crippen molar-refractivity contribution in [1.82, 2.24) is 0 Å². The third kappa shape index (κ3) is 3.24. The molecule has 0 aliphatic rings. The van der Waals surface area contributed by atoms with Gasteiger partial charge in [0, 0.05) is 23.8 Å². The summed E-state index contributed by atoms with van der Waals surface area (Å²) >= 11 is 0. The third-order valence-electron chi connectivity index (χ3n) is 2.58. The van der Waals surface area contributed by atoms with Gasteiger partial charge < -0.3 is 16.8 Å². The predicted octanol–water partition coefficient (Wildman–Crippen LogP) is 1.24. The summed E-state index contributed by atoms with van der Waals surface area (Å²) in [5, 5.41) is 3.23. The number of carbonyl (C=O) groups excluding carboxylic acids is 1. The molecule has 0 heterocycles. The van der Waals surface area contributed by atoms with Gasteiger partial charge in [0.15, 0.2) is 0 Å². The molecule has 0 radical (unpaired) electrons. The normalized spacial score (nSPS) is 12.2. The largest absolute Gasteiger partial charge is 0.383 e. The first kappa shape index (κ1) is 12.5. The molecule has 0 bridgehead atoms. The molecule has 1 unspecified atom stereocenters. The Morgan fingerprint density at radius 3 is 2.69 bits per heavy atom. The number of nitrogens with one attached hydrogen (secondary N) is 1. The van der Waals surface area contributed by atoms with E-state index in [-0.39, 0.29) is 6.04 Å². The van der Waals surface area contributed by atoms with Crippen molar-refractivity contribution in [3.05, 3.63) is 29.3 Å². The van der Waals surface area contributed by atoms with Crippen LogP contribution in [0.3, 0.4) is 0 Å². The molecule has 0 aliphatic heterocycles. The van der Waals surface area contributed by atoms with Gasteiger partial charge in [-0.25, -0.2) is 0 Å². The molecule has 0 saturated heterocycles. The Morgan fingerprint density at radius 2 is 2.19 bits per heavy atom. The van der Waals surface area contributed by atoms with Gasteiger partial charge in [0.2, 0.25) is 5.91 Å². The van der Waals surface area contributed by atoms with Crippen molar-refractivity contribution in [2.75, 3.05) is 11.9 Å². The van der Waals surface area contributed by atoms with Gasteiger partial charge in [0.05, 0.1) is 0 Å². The number of carbonyl (C=O) groups is 1. The first-order valence-electron chi connectivity index (χ1n) is 5.44. The van der Waals surface area contributed by atoms with Gasteiger partial charge in [0.25, 0.3) is 0 Å². The zero-order valence-electron chi connectivity index (χ0n) is 9.79. The lowest BCUT2D eigenvalue weighted by Gasteiger charge is -2.12. The van der Waals surface area contributed by atoms with Crippen LogP contribution in [-0.2, 0) is 0 Å². The number of hydrogen-bond donors (Lipinski definition) is 3. The summed E-state index contributed by atoms with van der Waals surface area (Å²) in [6, 6.07) is 5.63. The summed E-state index contributed by atoms with van der Waals surface area (Å²) in [5.74, 6) is -0.394. The molecule has 16 heavy (non-hydrogen) atoms. The highest BCUT2D eigenvalue weighted by atomic mass is 16.1. The third-order valence-corrected chi connectivity index (χ3v) is 2.58. The molecule has 1 aromatic rings. The van der Waals surface area contributed by atoms with E-state index in [4.69, 9.17) is 11.5 Å². The molecule has 1 aromatic carbocycles. The molecular weight excluding hydrogens is 202 g/mol. The quantitative estimate of drug-likeness (QED) is 0.699. The zero-order valence-corrected chi connectivity index (χ0v) is 9.79. The molecule has 0 aliphatic carbocycles. The van der Waals surface area contributed by atoms with E-state index in [1.807, 2.05) is 26.0 Å². The second-order valence-electron chi connectivity index (χ2n) is 3.94. The van der Waals surface area contributed by atoms with Crippen LogP contribution >= 0.6 is 0 Å². The number of nitrogens with two attached hydrogens (primary N) is 2. The van der Waals surface area contributed by atoms with Gasteiger partial charge >= 0.3 is 0 Å². The van der Waals surface area contributed by atoms with Crippen LogP contribution in [0.2, 0.25) is 0 Å². The minimum absolute atomic E-state index is 0.149. The summed E-state index contributed by atoms with van der Waals surface area (Å²) in [7, 11) is 0. The average Bonchev–Trinajstić information content (AvgIpc) is 2.25. The monoisotopic (exact) mass is 221 g/mol. The number of rotatable bonds is 5. The second-order valence-corrected chi connectivity index (χ2v) is 3.94. The van der Waals surface area contributed by atoms with Gasteiger partial charge in [0.1, 0.15) is 0 Å². The minimum Gasteiger partial charge on any atom is -0.383 e. The minimum atomic E-state index is -0.394. The number of hydrogen-bond acceptors (Lipinski definition) is 3. The lowest BCUT2D eigenvalue weighted by molar-refractivity contribution is 0.1000. The maximum Gasteiger partial charge on any atom is 0.248 e. The van der Waals surface area contributed by atoms with E-state index in [1.165, 1.54) is 0 Å².